The summed E-state index contributed by atoms with van der Waals surface area (Å²) in [5, 5.41) is 2.64. The summed E-state index contributed by atoms with van der Waals surface area (Å²) in [4.78, 5) is 20.4. The van der Waals surface area contributed by atoms with Crippen molar-refractivity contribution in [2.75, 3.05) is 12.4 Å². The van der Waals surface area contributed by atoms with Crippen LogP contribution in [-0.2, 0) is 4.74 Å². The lowest BCUT2D eigenvalue weighted by atomic mass is 10.2. The molecule has 0 unspecified atom stereocenters. The molecule has 0 aliphatic heterocycles. The molecule has 5 nitrogen and oxygen atoms in total. The Morgan fingerprint density at radius 2 is 1.68 bits per heavy atom. The van der Waals surface area contributed by atoms with E-state index < -0.39 is 6.09 Å². The molecular weight excluding hydrogens is 242 g/mol. The van der Waals surface area contributed by atoms with Gasteiger partial charge >= 0.3 is 6.09 Å². The molecule has 0 saturated carbocycles. The lowest BCUT2D eigenvalue weighted by molar-refractivity contribution is 0.187. The van der Waals surface area contributed by atoms with Gasteiger partial charge in [0.05, 0.1) is 29.3 Å². The van der Waals surface area contributed by atoms with Crippen LogP contribution in [0.2, 0.25) is 0 Å². The number of anilines is 1. The number of fused-ring (bicyclic) bond motifs is 2. The maximum atomic E-state index is 11.3. The number of hydrogen-bond donors (Lipinski definition) is 1. The second-order valence-corrected chi connectivity index (χ2v) is 4.00. The number of hydrogen-bond acceptors (Lipinski definition) is 4. The van der Waals surface area contributed by atoms with Crippen LogP contribution in [0.5, 0.6) is 0 Å². The molecule has 1 aromatic heterocycles. The first-order valence-electron chi connectivity index (χ1n) is 5.78. The van der Waals surface area contributed by atoms with Crippen molar-refractivity contribution < 1.29 is 9.53 Å². The van der Waals surface area contributed by atoms with Gasteiger partial charge in [-0.2, -0.15) is 0 Å². The van der Waals surface area contributed by atoms with Gasteiger partial charge in [0.15, 0.2) is 0 Å². The van der Waals surface area contributed by atoms with Crippen LogP contribution < -0.4 is 5.32 Å². The van der Waals surface area contributed by atoms with Crippen LogP contribution in [0.3, 0.4) is 0 Å². The average Bonchev–Trinajstić information content (AvgIpc) is 2.45. The van der Waals surface area contributed by atoms with E-state index in [1.807, 2.05) is 36.4 Å². The molecule has 3 aromatic rings. The van der Waals surface area contributed by atoms with E-state index in [-0.39, 0.29) is 0 Å². The minimum atomic E-state index is -0.526. The monoisotopic (exact) mass is 253 g/mol. The van der Waals surface area contributed by atoms with Gasteiger partial charge in [-0.25, -0.2) is 14.8 Å². The predicted molar refractivity (Wildman–Crippen MR) is 73.1 cm³/mol. The number of methoxy groups -OCH3 is 1. The van der Waals surface area contributed by atoms with E-state index in [0.29, 0.717) is 11.2 Å². The third-order valence-electron chi connectivity index (χ3n) is 2.79. The normalized spacial score (nSPS) is 10.6. The molecule has 0 aliphatic rings. The largest absolute Gasteiger partial charge is 0.453 e. The highest BCUT2D eigenvalue weighted by atomic mass is 16.5. The molecule has 2 aromatic carbocycles. The highest BCUT2D eigenvalue weighted by Gasteiger charge is 2.08. The molecule has 0 saturated heterocycles. The Morgan fingerprint density at radius 3 is 2.42 bits per heavy atom. The van der Waals surface area contributed by atoms with Crippen molar-refractivity contribution in [3.8, 4) is 0 Å². The number of carbonyl (C=O) groups is 1. The summed E-state index contributed by atoms with van der Waals surface area (Å²) in [6, 6.07) is 13.1. The molecule has 1 heterocycles. The van der Waals surface area contributed by atoms with Gasteiger partial charge in [0.2, 0.25) is 0 Å². The van der Waals surface area contributed by atoms with Crippen molar-refractivity contribution >= 4 is 33.8 Å². The Kier molecular flexibility index (Phi) is 2.72. The van der Waals surface area contributed by atoms with Crippen molar-refractivity contribution in [1.29, 1.82) is 0 Å². The fourth-order valence-corrected chi connectivity index (χ4v) is 1.90. The first-order valence-corrected chi connectivity index (χ1v) is 5.78. The van der Waals surface area contributed by atoms with Crippen LogP contribution in [0.4, 0.5) is 10.5 Å². The summed E-state index contributed by atoms with van der Waals surface area (Å²) >= 11 is 0. The zero-order chi connectivity index (χ0) is 13.2. The van der Waals surface area contributed by atoms with Crippen LogP contribution in [0.15, 0.2) is 42.5 Å². The molecule has 3 rings (SSSR count). The highest BCUT2D eigenvalue weighted by molar-refractivity contribution is 5.99. The average molecular weight is 253 g/mol. The van der Waals surface area contributed by atoms with Gasteiger partial charge in [-0.3, -0.25) is 5.32 Å². The van der Waals surface area contributed by atoms with Gasteiger partial charge in [-0.05, 0) is 24.3 Å². The van der Waals surface area contributed by atoms with Crippen molar-refractivity contribution in [3.63, 3.8) is 0 Å². The summed E-state index contributed by atoms with van der Waals surface area (Å²) in [6.07, 6.45) is -0.526. The molecule has 0 aliphatic carbocycles. The van der Waals surface area contributed by atoms with Crippen LogP contribution in [0.1, 0.15) is 0 Å². The van der Waals surface area contributed by atoms with E-state index in [2.05, 4.69) is 20.0 Å². The molecule has 5 heteroatoms. The van der Waals surface area contributed by atoms with Gasteiger partial charge in [-0.1, -0.05) is 18.2 Å². The van der Waals surface area contributed by atoms with E-state index >= 15 is 0 Å². The molecule has 0 fully saturated rings. The molecular formula is C14H11N3O2. The third-order valence-corrected chi connectivity index (χ3v) is 2.79. The standard InChI is InChI=1S/C14H11N3O2/c1-19-14(18)17-12-8-4-7-11-13(12)16-10-6-3-2-5-9(10)15-11/h2-8H,1H3,(H,17,18). The van der Waals surface area contributed by atoms with Crippen molar-refractivity contribution in [1.82, 2.24) is 9.97 Å². The van der Waals surface area contributed by atoms with Gasteiger partial charge in [0, 0.05) is 0 Å². The molecule has 0 bridgehead atoms. The van der Waals surface area contributed by atoms with Gasteiger partial charge < -0.3 is 4.74 Å². The maximum absolute atomic E-state index is 11.3. The van der Waals surface area contributed by atoms with E-state index in [1.165, 1.54) is 7.11 Å². The summed E-state index contributed by atoms with van der Waals surface area (Å²) in [5.74, 6) is 0. The number of rotatable bonds is 1. The summed E-state index contributed by atoms with van der Waals surface area (Å²) in [6.45, 7) is 0. The van der Waals surface area contributed by atoms with Crippen LogP contribution in [0, 0.1) is 0 Å². The number of nitrogens with zero attached hydrogens (tertiary/aromatic N) is 2. The number of carbonyl (C=O) groups excluding carboxylic acids is 1. The van der Waals surface area contributed by atoms with E-state index in [9.17, 15) is 4.79 Å². The van der Waals surface area contributed by atoms with Gasteiger partial charge in [-0.15, -0.1) is 0 Å². The fraction of sp³-hybridized carbons (Fsp3) is 0.0714. The molecule has 19 heavy (non-hydrogen) atoms. The minimum Gasteiger partial charge on any atom is -0.453 e. The topological polar surface area (TPSA) is 64.1 Å². The second kappa shape index (κ2) is 4.53. The summed E-state index contributed by atoms with van der Waals surface area (Å²) in [5.41, 5.74) is 3.57. The molecule has 0 atom stereocenters. The Bertz CT molecular complexity index is 771. The molecule has 1 N–H and O–H groups in total. The SMILES string of the molecule is COC(=O)Nc1cccc2nc3ccccc3nc12. The Hall–Kier alpha value is -2.69. The zero-order valence-corrected chi connectivity index (χ0v) is 10.3. The first kappa shape index (κ1) is 11.4. The van der Waals surface area contributed by atoms with Crippen LogP contribution >= 0.6 is 0 Å². The quantitative estimate of drug-likeness (QED) is 0.677. The Labute approximate surface area is 109 Å². The second-order valence-electron chi connectivity index (χ2n) is 4.00. The molecule has 94 valence electrons. The summed E-state index contributed by atoms with van der Waals surface area (Å²) in [7, 11) is 1.32. The number of amides is 1. The van der Waals surface area contributed by atoms with Gasteiger partial charge in [0.25, 0.3) is 0 Å². The number of aromatic nitrogens is 2. The van der Waals surface area contributed by atoms with Crippen molar-refractivity contribution in [3.05, 3.63) is 42.5 Å². The van der Waals surface area contributed by atoms with Crippen molar-refractivity contribution in [2.24, 2.45) is 0 Å². The highest BCUT2D eigenvalue weighted by Crippen LogP contribution is 2.22. The zero-order valence-electron chi connectivity index (χ0n) is 10.3. The first-order chi connectivity index (χ1) is 9.28. The molecule has 0 spiro atoms. The smallest absolute Gasteiger partial charge is 0.411 e. The Morgan fingerprint density at radius 1 is 1.00 bits per heavy atom. The van der Waals surface area contributed by atoms with Crippen molar-refractivity contribution in [2.45, 2.75) is 0 Å². The van der Waals surface area contributed by atoms with E-state index in [0.717, 1.165) is 16.6 Å². The number of para-hydroxylation sites is 3. The molecule has 0 radical (unpaired) electrons. The predicted octanol–water partition coefficient (Wildman–Crippen LogP) is 2.96. The molecule has 1 amide bonds. The fourth-order valence-electron chi connectivity index (χ4n) is 1.90. The third kappa shape index (κ3) is 2.06. The minimum absolute atomic E-state index is 0.526. The maximum Gasteiger partial charge on any atom is 0.411 e. The number of nitrogens with one attached hydrogen (secondary N) is 1. The van der Waals surface area contributed by atoms with E-state index in [1.54, 1.807) is 6.07 Å². The van der Waals surface area contributed by atoms with Crippen LogP contribution in [-0.4, -0.2) is 23.2 Å². The lowest BCUT2D eigenvalue weighted by Crippen LogP contribution is -2.11. The van der Waals surface area contributed by atoms with Gasteiger partial charge in [0.1, 0.15) is 5.52 Å². The lowest BCUT2D eigenvalue weighted by Gasteiger charge is -2.07. The number of ether oxygens (including phenoxy) is 1. The summed E-state index contributed by atoms with van der Waals surface area (Å²) < 4.78 is 4.59. The Balaban J connectivity index is 2.23. The van der Waals surface area contributed by atoms with E-state index in [4.69, 9.17) is 0 Å². The van der Waals surface area contributed by atoms with Crippen LogP contribution in [0.25, 0.3) is 22.1 Å². The number of benzene rings is 2.